The Labute approximate surface area is 154 Å². The minimum absolute atomic E-state index is 0.0159. The lowest BCUT2D eigenvalue weighted by atomic mass is 10.1. The predicted molar refractivity (Wildman–Crippen MR) is 96.2 cm³/mol. The molecule has 0 heterocycles. The van der Waals surface area contributed by atoms with Crippen LogP contribution in [0.1, 0.15) is 22.8 Å². The van der Waals surface area contributed by atoms with E-state index in [1.807, 2.05) is 0 Å². The van der Waals surface area contributed by atoms with E-state index < -0.39 is 18.4 Å². The van der Waals surface area contributed by atoms with Gasteiger partial charge in [0.15, 0.2) is 6.61 Å². The summed E-state index contributed by atoms with van der Waals surface area (Å²) in [4.78, 5) is 34.8. The Morgan fingerprint density at radius 1 is 1.04 bits per heavy atom. The molecule has 130 valence electrons. The van der Waals surface area contributed by atoms with Crippen molar-refractivity contribution in [3.8, 4) is 0 Å². The second kappa shape index (κ2) is 8.65. The van der Waals surface area contributed by atoms with Crippen LogP contribution < -0.4 is 5.32 Å². The van der Waals surface area contributed by atoms with Gasteiger partial charge in [-0.05, 0) is 35.9 Å². The average Bonchev–Trinajstić information content (AvgIpc) is 2.54. The van der Waals surface area contributed by atoms with Gasteiger partial charge in [-0.3, -0.25) is 14.4 Å². The Kier molecular flexibility index (Phi) is 6.56. The maximum Gasteiger partial charge on any atom is 0.310 e. The highest BCUT2D eigenvalue weighted by atomic mass is 35.5. The molecule has 1 amide bonds. The molecule has 2 aromatic rings. The molecule has 1 N–H and O–H groups in total. The number of anilines is 1. The second-order valence-electron chi connectivity index (χ2n) is 5.26. The Hall–Kier alpha value is -2.37. The SMILES string of the molecule is CC(=O)Nc1ccc(CC(=O)OCC(=O)c2ccc(Cl)cc2Cl)cc1. The van der Waals surface area contributed by atoms with Crippen LogP contribution in [0.15, 0.2) is 42.5 Å². The molecule has 0 aliphatic heterocycles. The number of carbonyl (C=O) groups excluding carboxylic acids is 3. The molecule has 0 saturated carbocycles. The number of esters is 1. The Morgan fingerprint density at radius 3 is 2.32 bits per heavy atom. The molecule has 0 aliphatic carbocycles. The molecule has 25 heavy (non-hydrogen) atoms. The molecule has 2 aromatic carbocycles. The van der Waals surface area contributed by atoms with E-state index in [2.05, 4.69) is 5.32 Å². The van der Waals surface area contributed by atoms with E-state index in [9.17, 15) is 14.4 Å². The molecule has 0 bridgehead atoms. The van der Waals surface area contributed by atoms with Gasteiger partial charge in [0.25, 0.3) is 0 Å². The number of ether oxygens (including phenoxy) is 1. The first-order chi connectivity index (χ1) is 11.8. The van der Waals surface area contributed by atoms with Gasteiger partial charge >= 0.3 is 5.97 Å². The van der Waals surface area contributed by atoms with E-state index in [4.69, 9.17) is 27.9 Å². The quantitative estimate of drug-likeness (QED) is 0.609. The summed E-state index contributed by atoms with van der Waals surface area (Å²) in [6.07, 6.45) is 0.0159. The standard InChI is InChI=1S/C18H15Cl2NO4/c1-11(22)21-14-5-2-12(3-6-14)8-18(24)25-10-17(23)15-7-4-13(19)9-16(15)20/h2-7,9H,8,10H2,1H3,(H,21,22). The summed E-state index contributed by atoms with van der Waals surface area (Å²) in [5.74, 6) is -1.12. The van der Waals surface area contributed by atoms with Gasteiger partial charge < -0.3 is 10.1 Å². The summed E-state index contributed by atoms with van der Waals surface area (Å²) in [6, 6.07) is 11.2. The van der Waals surface area contributed by atoms with Crippen LogP contribution in [0, 0.1) is 0 Å². The van der Waals surface area contributed by atoms with Crippen LogP contribution in [-0.2, 0) is 20.7 Å². The van der Waals surface area contributed by atoms with Crippen LogP contribution in [0.5, 0.6) is 0 Å². The van der Waals surface area contributed by atoms with E-state index in [1.54, 1.807) is 30.3 Å². The van der Waals surface area contributed by atoms with Gasteiger partial charge in [0.05, 0.1) is 11.4 Å². The van der Waals surface area contributed by atoms with E-state index in [-0.39, 0.29) is 22.9 Å². The van der Waals surface area contributed by atoms with Crippen LogP contribution in [0.4, 0.5) is 5.69 Å². The number of Topliss-reactive ketones (excluding diaryl/α,β-unsaturated/α-hetero) is 1. The highest BCUT2D eigenvalue weighted by molar-refractivity contribution is 6.36. The van der Waals surface area contributed by atoms with Crippen LogP contribution in [-0.4, -0.2) is 24.3 Å². The minimum atomic E-state index is -0.536. The second-order valence-corrected chi connectivity index (χ2v) is 6.11. The van der Waals surface area contributed by atoms with Gasteiger partial charge in [0.2, 0.25) is 11.7 Å². The summed E-state index contributed by atoms with van der Waals surface area (Å²) in [7, 11) is 0. The molecular weight excluding hydrogens is 365 g/mol. The molecule has 5 nitrogen and oxygen atoms in total. The number of carbonyl (C=O) groups is 3. The average molecular weight is 380 g/mol. The molecule has 0 unspecified atom stereocenters. The summed E-state index contributed by atoms with van der Waals surface area (Å²) >= 11 is 11.7. The minimum Gasteiger partial charge on any atom is -0.457 e. The van der Waals surface area contributed by atoms with Gasteiger partial charge in [-0.15, -0.1) is 0 Å². The lowest BCUT2D eigenvalue weighted by molar-refractivity contribution is -0.141. The topological polar surface area (TPSA) is 72.5 Å². The van der Waals surface area contributed by atoms with Crippen molar-refractivity contribution in [2.45, 2.75) is 13.3 Å². The predicted octanol–water partition coefficient (Wildman–Crippen LogP) is 3.92. The molecular formula is C18H15Cl2NO4. The molecule has 0 aliphatic rings. The summed E-state index contributed by atoms with van der Waals surface area (Å²) in [5.41, 5.74) is 1.59. The van der Waals surface area contributed by atoms with Crippen LogP contribution in [0.3, 0.4) is 0 Å². The monoisotopic (exact) mass is 379 g/mol. The number of amides is 1. The number of rotatable bonds is 6. The van der Waals surface area contributed by atoms with E-state index in [0.717, 1.165) is 0 Å². The van der Waals surface area contributed by atoms with E-state index in [1.165, 1.54) is 19.1 Å². The van der Waals surface area contributed by atoms with Gasteiger partial charge in [-0.2, -0.15) is 0 Å². The molecule has 2 rings (SSSR count). The highest BCUT2D eigenvalue weighted by Gasteiger charge is 2.14. The number of benzene rings is 2. The Morgan fingerprint density at radius 2 is 1.72 bits per heavy atom. The molecule has 0 radical (unpaired) electrons. The van der Waals surface area contributed by atoms with Crippen molar-refractivity contribution < 1.29 is 19.1 Å². The van der Waals surface area contributed by atoms with Crippen molar-refractivity contribution in [3.63, 3.8) is 0 Å². The number of ketones is 1. The normalized spacial score (nSPS) is 10.2. The maximum absolute atomic E-state index is 12.0. The largest absolute Gasteiger partial charge is 0.457 e. The number of nitrogens with one attached hydrogen (secondary N) is 1. The fourth-order valence-electron chi connectivity index (χ4n) is 2.07. The smallest absolute Gasteiger partial charge is 0.310 e. The van der Waals surface area contributed by atoms with Gasteiger partial charge in [-0.25, -0.2) is 0 Å². The van der Waals surface area contributed by atoms with Gasteiger partial charge in [-0.1, -0.05) is 35.3 Å². The van der Waals surface area contributed by atoms with Gasteiger partial charge in [0.1, 0.15) is 0 Å². The Bertz CT molecular complexity index is 803. The van der Waals surface area contributed by atoms with Crippen molar-refractivity contribution >= 4 is 46.5 Å². The lowest BCUT2D eigenvalue weighted by Gasteiger charge is -2.07. The molecule has 7 heteroatoms. The van der Waals surface area contributed by atoms with Crippen LogP contribution in [0.2, 0.25) is 10.0 Å². The zero-order valence-corrected chi connectivity index (χ0v) is 14.9. The number of hydrogen-bond donors (Lipinski definition) is 1. The third-order valence-corrected chi connectivity index (χ3v) is 3.77. The first-order valence-corrected chi connectivity index (χ1v) is 8.11. The lowest BCUT2D eigenvalue weighted by Crippen LogP contribution is -2.16. The fourth-order valence-corrected chi connectivity index (χ4v) is 2.58. The van der Waals surface area contributed by atoms with E-state index in [0.29, 0.717) is 16.3 Å². The molecule has 0 aromatic heterocycles. The summed E-state index contributed by atoms with van der Waals surface area (Å²) in [6.45, 7) is 1.01. The Balaban J connectivity index is 1.87. The van der Waals surface area contributed by atoms with Gasteiger partial charge in [0, 0.05) is 23.2 Å². The fraction of sp³-hybridized carbons (Fsp3) is 0.167. The molecule has 0 saturated heterocycles. The van der Waals surface area contributed by atoms with E-state index >= 15 is 0 Å². The van der Waals surface area contributed by atoms with Crippen molar-refractivity contribution in [2.24, 2.45) is 0 Å². The zero-order chi connectivity index (χ0) is 18.4. The summed E-state index contributed by atoms with van der Waals surface area (Å²) in [5, 5.41) is 3.26. The third-order valence-electron chi connectivity index (χ3n) is 3.22. The number of hydrogen-bond acceptors (Lipinski definition) is 4. The van der Waals surface area contributed by atoms with Crippen molar-refractivity contribution in [1.29, 1.82) is 0 Å². The maximum atomic E-state index is 12.0. The molecule has 0 spiro atoms. The van der Waals surface area contributed by atoms with Crippen molar-refractivity contribution in [1.82, 2.24) is 0 Å². The number of halogens is 2. The van der Waals surface area contributed by atoms with Crippen molar-refractivity contribution in [3.05, 3.63) is 63.6 Å². The van der Waals surface area contributed by atoms with Crippen LogP contribution in [0.25, 0.3) is 0 Å². The molecule has 0 atom stereocenters. The highest BCUT2D eigenvalue weighted by Crippen LogP contribution is 2.21. The first kappa shape index (κ1) is 19.0. The third kappa shape index (κ3) is 5.89. The van der Waals surface area contributed by atoms with Crippen LogP contribution >= 0.6 is 23.2 Å². The zero-order valence-electron chi connectivity index (χ0n) is 13.3. The summed E-state index contributed by atoms with van der Waals surface area (Å²) < 4.78 is 4.99. The van der Waals surface area contributed by atoms with Crippen molar-refractivity contribution in [2.75, 3.05) is 11.9 Å². The first-order valence-electron chi connectivity index (χ1n) is 7.35. The molecule has 0 fully saturated rings.